The van der Waals surface area contributed by atoms with Crippen molar-refractivity contribution in [1.29, 1.82) is 0 Å². The maximum absolute atomic E-state index is 13.4. The van der Waals surface area contributed by atoms with E-state index in [4.69, 9.17) is 4.74 Å². The van der Waals surface area contributed by atoms with Crippen LogP contribution in [0.5, 0.6) is 5.75 Å². The van der Waals surface area contributed by atoms with Crippen molar-refractivity contribution >= 4 is 29.1 Å². The summed E-state index contributed by atoms with van der Waals surface area (Å²) in [4.78, 5) is 47.1. The minimum atomic E-state index is -4.42. The normalized spacial score (nSPS) is 23.5. The summed E-state index contributed by atoms with van der Waals surface area (Å²) in [6.45, 7) is 1.91. The topological polar surface area (TPSA) is 79.3 Å². The van der Waals surface area contributed by atoms with Crippen molar-refractivity contribution < 1.29 is 32.3 Å². The van der Waals surface area contributed by atoms with Gasteiger partial charge in [-0.05, 0) is 18.9 Å². The van der Waals surface area contributed by atoms with Gasteiger partial charge in [0.25, 0.3) is 0 Å². The highest BCUT2D eigenvalue weighted by molar-refractivity contribution is 6.20. The van der Waals surface area contributed by atoms with E-state index in [-0.39, 0.29) is 25.4 Å². The Kier molecular flexibility index (Phi) is 6.98. The molecule has 3 heterocycles. The highest BCUT2D eigenvalue weighted by Crippen LogP contribution is 2.42. The van der Waals surface area contributed by atoms with E-state index in [0.29, 0.717) is 35.6 Å². The number of alkyl halides is 3. The molecule has 3 atom stereocenters. The Bertz CT molecular complexity index is 1280. The van der Waals surface area contributed by atoms with Gasteiger partial charge in [0.05, 0.1) is 23.2 Å². The number of nitrogens with zero attached hydrogens (tertiary/aromatic N) is 3. The standard InChI is InChI=1S/C28H28F3N3O4/c1-2-7-18-19(12-14-28(29,30)31)27(37)34(26(18)36)23-13-15-33-22(35)16-32-24(17-8-4-3-5-9-17)20-10-6-11-21(38-23)25(20)33/h3-6,8-11,18-19,23H,2,7,12-16H2,1H3/t18-,19+,23?/m0/s1. The number of amides is 3. The zero-order valence-corrected chi connectivity index (χ0v) is 20.9. The highest BCUT2D eigenvalue weighted by atomic mass is 19.4. The van der Waals surface area contributed by atoms with Gasteiger partial charge in [-0.15, -0.1) is 0 Å². The number of likely N-dealkylation sites (tertiary alicyclic amines) is 1. The average Bonchev–Trinajstić information content (AvgIpc) is 3.02. The van der Waals surface area contributed by atoms with E-state index in [1.165, 1.54) is 0 Å². The smallest absolute Gasteiger partial charge is 0.389 e. The molecule has 200 valence electrons. The van der Waals surface area contributed by atoms with E-state index in [9.17, 15) is 27.6 Å². The van der Waals surface area contributed by atoms with Crippen molar-refractivity contribution in [3.63, 3.8) is 0 Å². The van der Waals surface area contributed by atoms with Crippen LogP contribution in [-0.4, -0.2) is 53.8 Å². The van der Waals surface area contributed by atoms with Gasteiger partial charge >= 0.3 is 6.18 Å². The number of halogens is 3. The molecule has 38 heavy (non-hydrogen) atoms. The predicted molar refractivity (Wildman–Crippen MR) is 134 cm³/mol. The lowest BCUT2D eigenvalue weighted by atomic mass is 9.87. The summed E-state index contributed by atoms with van der Waals surface area (Å²) in [5.41, 5.74) is 2.66. The van der Waals surface area contributed by atoms with E-state index >= 15 is 0 Å². The monoisotopic (exact) mass is 527 g/mol. The Labute approximate surface area is 218 Å². The molecule has 5 rings (SSSR count). The maximum Gasteiger partial charge on any atom is 0.389 e. The molecule has 0 spiro atoms. The van der Waals surface area contributed by atoms with Gasteiger partial charge in [0, 0.05) is 30.5 Å². The molecule has 3 aliphatic rings. The number of hydrogen-bond donors (Lipinski definition) is 0. The molecular weight excluding hydrogens is 499 g/mol. The molecule has 3 amide bonds. The van der Waals surface area contributed by atoms with Gasteiger partial charge in [-0.25, -0.2) is 4.90 Å². The van der Waals surface area contributed by atoms with Crippen molar-refractivity contribution in [2.24, 2.45) is 16.8 Å². The third-order valence-corrected chi connectivity index (χ3v) is 7.33. The lowest BCUT2D eigenvalue weighted by molar-refractivity contribution is -0.150. The molecule has 10 heteroatoms. The number of carbonyl (C=O) groups excluding carboxylic acids is 3. The summed E-state index contributed by atoms with van der Waals surface area (Å²) in [5.74, 6) is -2.95. The summed E-state index contributed by atoms with van der Waals surface area (Å²) >= 11 is 0. The first-order valence-electron chi connectivity index (χ1n) is 12.8. The Morgan fingerprint density at radius 1 is 0.974 bits per heavy atom. The summed E-state index contributed by atoms with van der Waals surface area (Å²) in [7, 11) is 0. The molecule has 0 bridgehead atoms. The Balaban J connectivity index is 1.50. The van der Waals surface area contributed by atoms with Crippen LogP contribution in [-0.2, 0) is 14.4 Å². The van der Waals surface area contributed by atoms with Gasteiger partial charge in [0.1, 0.15) is 12.3 Å². The van der Waals surface area contributed by atoms with Gasteiger partial charge < -0.3 is 9.64 Å². The average molecular weight is 528 g/mol. The van der Waals surface area contributed by atoms with Crippen LogP contribution in [0.15, 0.2) is 53.5 Å². The third kappa shape index (κ3) is 4.79. The van der Waals surface area contributed by atoms with Gasteiger partial charge in [-0.2, -0.15) is 13.2 Å². The zero-order chi connectivity index (χ0) is 27.0. The lowest BCUT2D eigenvalue weighted by Crippen LogP contribution is -2.45. The van der Waals surface area contributed by atoms with E-state index in [1.807, 2.05) is 43.3 Å². The number of benzene rings is 2. The fourth-order valence-corrected chi connectivity index (χ4v) is 5.61. The molecule has 0 aromatic heterocycles. The largest absolute Gasteiger partial charge is 0.468 e. The highest BCUT2D eigenvalue weighted by Gasteiger charge is 2.51. The summed E-state index contributed by atoms with van der Waals surface area (Å²) in [5, 5.41) is 0. The van der Waals surface area contributed by atoms with Crippen LogP contribution in [0.25, 0.3) is 0 Å². The van der Waals surface area contributed by atoms with Crippen LogP contribution >= 0.6 is 0 Å². The molecular formula is C28H28F3N3O4. The van der Waals surface area contributed by atoms with E-state index in [0.717, 1.165) is 10.5 Å². The van der Waals surface area contributed by atoms with Gasteiger partial charge in [-0.1, -0.05) is 55.8 Å². The number of anilines is 1. The lowest BCUT2D eigenvalue weighted by Gasteiger charge is -2.26. The molecule has 1 fully saturated rings. The molecule has 1 unspecified atom stereocenters. The van der Waals surface area contributed by atoms with Gasteiger partial charge in [0.15, 0.2) is 6.23 Å². The molecule has 7 nitrogen and oxygen atoms in total. The zero-order valence-electron chi connectivity index (χ0n) is 20.9. The Morgan fingerprint density at radius 2 is 1.68 bits per heavy atom. The minimum Gasteiger partial charge on any atom is -0.468 e. The molecule has 0 N–H and O–H groups in total. The quantitative estimate of drug-likeness (QED) is 0.509. The second-order valence-corrected chi connectivity index (χ2v) is 9.79. The van der Waals surface area contributed by atoms with Gasteiger partial charge in [0.2, 0.25) is 17.7 Å². The number of rotatable bonds is 6. The van der Waals surface area contributed by atoms with Crippen molar-refractivity contribution in [3.05, 3.63) is 59.7 Å². The van der Waals surface area contributed by atoms with Crippen LogP contribution < -0.4 is 9.64 Å². The number of ether oxygens (including phenoxy) is 1. The van der Waals surface area contributed by atoms with Crippen LogP contribution in [0.4, 0.5) is 18.9 Å². The second-order valence-electron chi connectivity index (χ2n) is 9.79. The fraction of sp³-hybridized carbons (Fsp3) is 0.429. The van der Waals surface area contributed by atoms with Crippen LogP contribution in [0.3, 0.4) is 0 Å². The molecule has 1 saturated heterocycles. The number of carbonyl (C=O) groups is 3. The molecule has 3 aliphatic heterocycles. The molecule has 0 aliphatic carbocycles. The van der Waals surface area contributed by atoms with Crippen LogP contribution in [0, 0.1) is 11.8 Å². The molecule has 2 aromatic carbocycles. The third-order valence-electron chi connectivity index (χ3n) is 7.33. The number of imide groups is 1. The molecule has 2 aromatic rings. The first-order valence-corrected chi connectivity index (χ1v) is 12.8. The maximum atomic E-state index is 13.4. The van der Waals surface area contributed by atoms with Crippen molar-refractivity contribution in [1.82, 2.24) is 4.90 Å². The molecule has 0 radical (unpaired) electrons. The first-order chi connectivity index (χ1) is 18.2. The van der Waals surface area contributed by atoms with Gasteiger partial charge in [-0.3, -0.25) is 19.4 Å². The fourth-order valence-electron chi connectivity index (χ4n) is 5.61. The summed E-state index contributed by atoms with van der Waals surface area (Å²) < 4.78 is 45.2. The predicted octanol–water partition coefficient (Wildman–Crippen LogP) is 4.72. The first kappa shape index (κ1) is 25.9. The van der Waals surface area contributed by atoms with Crippen molar-refractivity contribution in [2.45, 2.75) is 51.4 Å². The van der Waals surface area contributed by atoms with E-state index < -0.39 is 48.9 Å². The summed E-state index contributed by atoms with van der Waals surface area (Å²) in [6, 6.07) is 14.7. The van der Waals surface area contributed by atoms with E-state index in [2.05, 4.69) is 4.99 Å². The number of para-hydroxylation sites is 1. The molecule has 0 saturated carbocycles. The Morgan fingerprint density at radius 3 is 2.37 bits per heavy atom. The number of aliphatic imine (C=N–C) groups is 1. The van der Waals surface area contributed by atoms with Crippen LogP contribution in [0.1, 0.15) is 50.2 Å². The SMILES string of the molecule is CCC[C@@H]1C(=O)N(C2CCN3C(=O)CN=C(c4ccccc4)c4cccc(c43)O2)C(=O)[C@@H]1CCC(F)(F)F. The summed E-state index contributed by atoms with van der Waals surface area (Å²) in [6.07, 6.45) is -6.03. The van der Waals surface area contributed by atoms with Crippen molar-refractivity contribution in [3.8, 4) is 5.75 Å². The van der Waals surface area contributed by atoms with E-state index in [1.54, 1.807) is 17.0 Å². The number of hydrogen-bond acceptors (Lipinski definition) is 5. The Hall–Kier alpha value is -3.69. The van der Waals surface area contributed by atoms with Crippen LogP contribution in [0.2, 0.25) is 0 Å². The second kappa shape index (κ2) is 10.2. The van der Waals surface area contributed by atoms with Crippen molar-refractivity contribution in [2.75, 3.05) is 18.0 Å². The minimum absolute atomic E-state index is 0.0807.